The van der Waals surface area contributed by atoms with Gasteiger partial charge in [-0.25, -0.2) is 8.42 Å². The Morgan fingerprint density at radius 2 is 1.52 bits per heavy atom. The van der Waals surface area contributed by atoms with Crippen molar-refractivity contribution >= 4 is 67.3 Å². The largest absolute Gasteiger partial charge is 0.459 e. The molecule has 12 heteroatoms. The summed E-state index contributed by atoms with van der Waals surface area (Å²) >= 11 is 12.3. The lowest BCUT2D eigenvalue weighted by atomic mass is 9.96. The lowest BCUT2D eigenvalue weighted by molar-refractivity contribution is -0.152. The number of hydrogen-bond donors (Lipinski definition) is 0. The Morgan fingerprint density at radius 1 is 0.875 bits per heavy atom. The molecule has 9 nitrogen and oxygen atoms in total. The molecule has 0 atom stereocenters. The summed E-state index contributed by atoms with van der Waals surface area (Å²) in [6.45, 7) is 6.51. The van der Waals surface area contributed by atoms with Gasteiger partial charge in [0.05, 0.1) is 23.8 Å². The summed E-state index contributed by atoms with van der Waals surface area (Å²) in [5, 5.41) is 1.19. The molecule has 1 amide bonds. The van der Waals surface area contributed by atoms with Crippen molar-refractivity contribution in [2.75, 3.05) is 37.2 Å². The van der Waals surface area contributed by atoms with Gasteiger partial charge in [-0.2, -0.15) is 0 Å². The summed E-state index contributed by atoms with van der Waals surface area (Å²) in [5.41, 5.74) is 1.12. The molecule has 0 radical (unpaired) electrons. The highest BCUT2D eigenvalue weighted by Gasteiger charge is 2.31. The number of carbonyl (C=O) groups is 3. The molecule has 1 saturated heterocycles. The van der Waals surface area contributed by atoms with E-state index in [0.717, 1.165) is 9.87 Å². The van der Waals surface area contributed by atoms with Crippen molar-refractivity contribution in [2.24, 2.45) is 0 Å². The molecule has 1 fully saturated rings. The molecule has 4 aromatic carbocycles. The van der Waals surface area contributed by atoms with Gasteiger partial charge in [-0.05, 0) is 74.5 Å². The van der Waals surface area contributed by atoms with Crippen LogP contribution in [0.1, 0.15) is 53.5 Å². The summed E-state index contributed by atoms with van der Waals surface area (Å²) in [4.78, 5) is 41.3. The van der Waals surface area contributed by atoms with Crippen LogP contribution in [-0.4, -0.2) is 69.4 Å². The van der Waals surface area contributed by atoms with E-state index in [4.69, 9.17) is 32.7 Å². The number of amides is 1. The highest BCUT2D eigenvalue weighted by atomic mass is 35.5. The van der Waals surface area contributed by atoms with Crippen molar-refractivity contribution in [3.63, 3.8) is 0 Å². The second-order valence-electron chi connectivity index (χ2n) is 12.4. The first-order chi connectivity index (χ1) is 22.7. The summed E-state index contributed by atoms with van der Waals surface area (Å²) in [5.74, 6) is -0.998. The van der Waals surface area contributed by atoms with Crippen LogP contribution in [0.3, 0.4) is 0 Å². The molecule has 0 bridgehead atoms. The fraction of sp³-hybridized carbons (Fsp3) is 0.306. The third-order valence-corrected chi connectivity index (χ3v) is 9.87. The quantitative estimate of drug-likeness (QED) is 0.129. The van der Waals surface area contributed by atoms with Crippen LogP contribution in [0, 0.1) is 0 Å². The Morgan fingerprint density at radius 3 is 2.21 bits per heavy atom. The average Bonchev–Trinajstić information content (AvgIpc) is 3.04. The second-order valence-corrected chi connectivity index (χ2v) is 15.1. The van der Waals surface area contributed by atoms with Crippen LogP contribution in [-0.2, 0) is 30.7 Å². The van der Waals surface area contributed by atoms with Crippen molar-refractivity contribution in [1.82, 2.24) is 4.90 Å². The van der Waals surface area contributed by atoms with Crippen molar-refractivity contribution in [3.05, 3.63) is 106 Å². The number of carbonyl (C=O) groups excluding carboxylic acids is 3. The Kier molecular flexibility index (Phi) is 10.8. The van der Waals surface area contributed by atoms with Gasteiger partial charge in [-0.1, -0.05) is 65.7 Å². The first-order valence-electron chi connectivity index (χ1n) is 15.4. The monoisotopic (exact) mass is 710 g/mol. The van der Waals surface area contributed by atoms with Crippen LogP contribution in [0.2, 0.25) is 10.0 Å². The van der Waals surface area contributed by atoms with E-state index in [0.29, 0.717) is 54.6 Å². The number of morpholine rings is 1. The molecule has 252 valence electrons. The number of fused-ring (bicyclic) bond motifs is 1. The zero-order valence-electron chi connectivity index (χ0n) is 26.9. The molecule has 1 aliphatic rings. The third kappa shape index (κ3) is 8.36. The molecule has 0 N–H and O–H groups in total. The molecule has 0 spiro atoms. The minimum absolute atomic E-state index is 0.0704. The van der Waals surface area contributed by atoms with Crippen molar-refractivity contribution in [1.29, 1.82) is 0 Å². The van der Waals surface area contributed by atoms with E-state index in [-0.39, 0.29) is 38.7 Å². The van der Waals surface area contributed by atoms with Gasteiger partial charge >= 0.3 is 5.97 Å². The molecule has 0 aliphatic carbocycles. The normalized spacial score (nSPS) is 13.7. The SMILES string of the molecule is CC(C)(C)OC(=O)CN(c1cccc2c(C(=O)CCc3cccc(C(=O)N4CCOCC4)c3)cccc12)S(=O)(=O)c1cc(Cl)cc(Cl)c1. The molecule has 0 saturated carbocycles. The summed E-state index contributed by atoms with van der Waals surface area (Å²) < 4.78 is 40.1. The lowest BCUT2D eigenvalue weighted by Crippen LogP contribution is -2.40. The number of halogens is 2. The number of ether oxygens (including phenoxy) is 2. The number of ketones is 1. The number of sulfonamides is 1. The van der Waals surface area contributed by atoms with Crippen LogP contribution in [0.5, 0.6) is 0 Å². The van der Waals surface area contributed by atoms with E-state index in [1.54, 1.807) is 68.1 Å². The summed E-state index contributed by atoms with van der Waals surface area (Å²) in [6, 6.07) is 21.2. The van der Waals surface area contributed by atoms with Crippen LogP contribution in [0.4, 0.5) is 5.69 Å². The fourth-order valence-electron chi connectivity index (χ4n) is 5.55. The van der Waals surface area contributed by atoms with E-state index >= 15 is 0 Å². The highest BCUT2D eigenvalue weighted by molar-refractivity contribution is 7.93. The van der Waals surface area contributed by atoms with Crippen molar-refractivity contribution in [2.45, 2.75) is 44.1 Å². The molecule has 1 heterocycles. The predicted octanol–water partition coefficient (Wildman–Crippen LogP) is 6.97. The van der Waals surface area contributed by atoms with Crippen LogP contribution < -0.4 is 4.31 Å². The Balaban J connectivity index is 1.46. The zero-order chi connectivity index (χ0) is 34.6. The third-order valence-electron chi connectivity index (χ3n) is 7.70. The molecule has 4 aromatic rings. The van der Waals surface area contributed by atoms with Crippen LogP contribution in [0.15, 0.2) is 83.8 Å². The first kappa shape index (κ1) is 35.3. The van der Waals surface area contributed by atoms with Gasteiger partial charge in [-0.15, -0.1) is 0 Å². The van der Waals surface area contributed by atoms with E-state index in [1.165, 1.54) is 18.2 Å². The number of Topliss-reactive ketones (excluding diaryl/α,β-unsaturated/α-hetero) is 1. The number of esters is 1. The van der Waals surface area contributed by atoms with E-state index in [1.807, 2.05) is 18.2 Å². The minimum Gasteiger partial charge on any atom is -0.459 e. The number of rotatable bonds is 10. The molecule has 1 aliphatic heterocycles. The first-order valence-corrected chi connectivity index (χ1v) is 17.6. The highest BCUT2D eigenvalue weighted by Crippen LogP contribution is 2.35. The maximum Gasteiger partial charge on any atom is 0.327 e. The number of nitrogens with zero attached hydrogens (tertiary/aromatic N) is 2. The molecular formula is C36H36Cl2N2O7S. The topological polar surface area (TPSA) is 110 Å². The average molecular weight is 712 g/mol. The molecule has 0 aromatic heterocycles. The molecular weight excluding hydrogens is 675 g/mol. The van der Waals surface area contributed by atoms with E-state index < -0.39 is 28.1 Å². The van der Waals surface area contributed by atoms with Gasteiger partial charge < -0.3 is 14.4 Å². The minimum atomic E-state index is -4.40. The molecule has 0 unspecified atom stereocenters. The Labute approximate surface area is 290 Å². The number of hydrogen-bond acceptors (Lipinski definition) is 7. The summed E-state index contributed by atoms with van der Waals surface area (Å²) in [6.07, 6.45) is 0.549. The lowest BCUT2D eigenvalue weighted by Gasteiger charge is -2.27. The fourth-order valence-corrected chi connectivity index (χ4v) is 7.71. The Bertz CT molecular complexity index is 1950. The van der Waals surface area contributed by atoms with Crippen molar-refractivity contribution in [3.8, 4) is 0 Å². The summed E-state index contributed by atoms with van der Waals surface area (Å²) in [7, 11) is -4.40. The zero-order valence-corrected chi connectivity index (χ0v) is 29.2. The van der Waals surface area contributed by atoms with Gasteiger partial charge in [-0.3, -0.25) is 18.7 Å². The second kappa shape index (κ2) is 14.7. The molecule has 5 rings (SSSR count). The number of benzene rings is 4. The number of aryl methyl sites for hydroxylation is 1. The maximum absolute atomic E-state index is 14.1. The standard InChI is InChI=1S/C36H36Cl2N2O7S/c1-36(2,3)47-34(42)23-40(48(44,45)28-21-26(37)20-27(38)22-28)32-12-6-9-29-30(32)10-5-11-31(29)33(41)14-13-24-7-4-8-25(19-24)35(43)39-15-17-46-18-16-39/h4-12,19-22H,13-18,23H2,1-3H3. The van der Waals surface area contributed by atoms with E-state index in [9.17, 15) is 22.8 Å². The number of anilines is 1. The van der Waals surface area contributed by atoms with Gasteiger partial charge in [0.25, 0.3) is 15.9 Å². The smallest absolute Gasteiger partial charge is 0.327 e. The van der Waals surface area contributed by atoms with E-state index in [2.05, 4.69) is 0 Å². The van der Waals surface area contributed by atoms with Gasteiger partial charge in [0.1, 0.15) is 12.1 Å². The predicted molar refractivity (Wildman–Crippen MR) is 187 cm³/mol. The van der Waals surface area contributed by atoms with Gasteiger partial charge in [0.15, 0.2) is 5.78 Å². The van der Waals surface area contributed by atoms with Crippen molar-refractivity contribution < 1.29 is 32.3 Å². The maximum atomic E-state index is 14.1. The van der Waals surface area contributed by atoms with Crippen LogP contribution >= 0.6 is 23.2 Å². The Hall–Kier alpha value is -3.96. The van der Waals surface area contributed by atoms with Crippen LogP contribution in [0.25, 0.3) is 10.8 Å². The molecule has 48 heavy (non-hydrogen) atoms. The van der Waals surface area contributed by atoms with Gasteiger partial charge in [0.2, 0.25) is 0 Å². The van der Waals surface area contributed by atoms with Gasteiger partial charge in [0, 0.05) is 46.1 Å².